The number of benzene rings is 2. The van der Waals surface area contributed by atoms with Gasteiger partial charge in [-0.05, 0) is 118 Å². The summed E-state index contributed by atoms with van der Waals surface area (Å²) in [6, 6.07) is 9.85. The van der Waals surface area contributed by atoms with Crippen LogP contribution in [0.1, 0.15) is 55.5 Å². The molecule has 0 aliphatic carbocycles. The Morgan fingerprint density at radius 2 is 1.75 bits per heavy atom. The lowest BCUT2D eigenvalue weighted by atomic mass is 9.87. The maximum absolute atomic E-state index is 13.1. The number of rotatable bonds is 5. The highest BCUT2D eigenvalue weighted by molar-refractivity contribution is 8.18. The average Bonchev–Trinajstić information content (AvgIpc) is 3.04. The number of fused-ring (bicyclic) bond motifs is 1. The first-order valence-corrected chi connectivity index (χ1v) is 13.0. The van der Waals surface area contributed by atoms with E-state index in [9.17, 15) is 14.4 Å². The fourth-order valence-electron chi connectivity index (χ4n) is 4.92. The molecule has 2 aromatic rings. The number of carbonyl (C=O) groups is 3. The Morgan fingerprint density at radius 1 is 1.03 bits per heavy atom. The molecule has 0 radical (unpaired) electrons. The van der Waals surface area contributed by atoms with E-state index >= 15 is 0 Å². The summed E-state index contributed by atoms with van der Waals surface area (Å²) in [6.07, 6.45) is 4.03. The lowest BCUT2D eigenvalue weighted by molar-refractivity contribution is -0.127. The largest absolute Gasteiger partial charge is 0.363 e. The van der Waals surface area contributed by atoms with E-state index in [4.69, 9.17) is 0 Å². The van der Waals surface area contributed by atoms with Crippen molar-refractivity contribution in [3.63, 3.8) is 0 Å². The molecule has 0 unspecified atom stereocenters. The molecule has 0 bridgehead atoms. The third-order valence-electron chi connectivity index (χ3n) is 6.93. The van der Waals surface area contributed by atoms with E-state index in [0.717, 1.165) is 51.0 Å². The predicted octanol–water partition coefficient (Wildman–Crippen LogP) is 6.31. The van der Waals surface area contributed by atoms with Gasteiger partial charge in [-0.2, -0.15) is 0 Å². The molecule has 6 nitrogen and oxygen atoms in total. The fraction of sp³-hybridized carbons (Fsp3) is 0.345. The number of nitrogens with zero attached hydrogens (tertiary/aromatic N) is 2. The first-order valence-electron chi connectivity index (χ1n) is 12.2. The summed E-state index contributed by atoms with van der Waals surface area (Å²) in [4.78, 5) is 42.0. The second kappa shape index (κ2) is 9.62. The molecule has 0 atom stereocenters. The zero-order valence-electron chi connectivity index (χ0n) is 22.0. The van der Waals surface area contributed by atoms with Crippen LogP contribution in [0, 0.1) is 20.8 Å². The van der Waals surface area contributed by atoms with Crippen LogP contribution in [-0.2, 0) is 9.59 Å². The van der Waals surface area contributed by atoms with Crippen LogP contribution >= 0.6 is 11.8 Å². The summed E-state index contributed by atoms with van der Waals surface area (Å²) in [5.74, 6) is -0.851. The molecule has 1 saturated heterocycles. The molecule has 2 heterocycles. The first-order chi connectivity index (χ1) is 16.9. The van der Waals surface area contributed by atoms with Gasteiger partial charge in [0.25, 0.3) is 11.1 Å². The molecule has 2 aromatic carbocycles. The number of hydrogen-bond acceptors (Lipinski definition) is 5. The van der Waals surface area contributed by atoms with Crippen LogP contribution in [0.25, 0.3) is 11.6 Å². The van der Waals surface area contributed by atoms with Gasteiger partial charge in [-0.1, -0.05) is 12.1 Å². The molecule has 4 rings (SSSR count). The summed E-state index contributed by atoms with van der Waals surface area (Å²) in [5, 5.41) is 2.34. The van der Waals surface area contributed by atoms with Crippen LogP contribution in [0.3, 0.4) is 0 Å². The first kappa shape index (κ1) is 25.8. The Bertz CT molecular complexity index is 1340. The third-order valence-corrected chi connectivity index (χ3v) is 7.84. The number of anilines is 2. The molecule has 1 N–H and O–H groups in total. The van der Waals surface area contributed by atoms with E-state index in [-0.39, 0.29) is 12.1 Å². The number of carbonyl (C=O) groups excluding carboxylic acids is 3. The van der Waals surface area contributed by atoms with E-state index in [1.807, 2.05) is 39.0 Å². The zero-order valence-corrected chi connectivity index (χ0v) is 22.8. The Labute approximate surface area is 217 Å². The van der Waals surface area contributed by atoms with Crippen molar-refractivity contribution >= 4 is 51.8 Å². The third kappa shape index (κ3) is 4.85. The summed E-state index contributed by atoms with van der Waals surface area (Å²) >= 11 is 0.875. The second-order valence-corrected chi connectivity index (χ2v) is 11.1. The van der Waals surface area contributed by atoms with Gasteiger partial charge in [0.1, 0.15) is 6.54 Å². The Morgan fingerprint density at radius 3 is 2.42 bits per heavy atom. The van der Waals surface area contributed by atoms with E-state index in [2.05, 4.69) is 56.1 Å². The summed E-state index contributed by atoms with van der Waals surface area (Å²) < 4.78 is 0. The minimum atomic E-state index is -0.444. The van der Waals surface area contributed by atoms with Crippen LogP contribution in [0.4, 0.5) is 16.2 Å². The van der Waals surface area contributed by atoms with Gasteiger partial charge >= 0.3 is 0 Å². The molecule has 0 spiro atoms. The van der Waals surface area contributed by atoms with Gasteiger partial charge in [0.2, 0.25) is 5.91 Å². The van der Waals surface area contributed by atoms with Crippen molar-refractivity contribution in [1.82, 2.24) is 4.90 Å². The molecule has 0 saturated carbocycles. The molecule has 36 heavy (non-hydrogen) atoms. The number of nitrogens with one attached hydrogen (secondary N) is 1. The van der Waals surface area contributed by atoms with Crippen molar-refractivity contribution in [2.45, 2.75) is 54.0 Å². The second-order valence-electron chi connectivity index (χ2n) is 10.1. The maximum atomic E-state index is 13.1. The lowest BCUT2D eigenvalue weighted by Gasteiger charge is -2.43. The maximum Gasteiger partial charge on any atom is 0.294 e. The number of thioether (sulfide) groups is 1. The highest BCUT2D eigenvalue weighted by Crippen LogP contribution is 2.41. The lowest BCUT2D eigenvalue weighted by Crippen LogP contribution is -2.44. The van der Waals surface area contributed by atoms with Gasteiger partial charge in [0.15, 0.2) is 0 Å². The van der Waals surface area contributed by atoms with Crippen molar-refractivity contribution in [1.29, 1.82) is 0 Å². The van der Waals surface area contributed by atoms with Crippen molar-refractivity contribution in [2.75, 3.05) is 23.3 Å². The topological polar surface area (TPSA) is 69.7 Å². The van der Waals surface area contributed by atoms with Gasteiger partial charge in [0.05, 0.1) is 10.4 Å². The van der Waals surface area contributed by atoms with E-state index < -0.39 is 17.1 Å². The van der Waals surface area contributed by atoms with Gasteiger partial charge in [-0.25, -0.2) is 0 Å². The van der Waals surface area contributed by atoms with Crippen molar-refractivity contribution < 1.29 is 14.4 Å². The highest BCUT2D eigenvalue weighted by atomic mass is 32.2. The molecule has 0 aromatic heterocycles. The highest BCUT2D eigenvalue weighted by Gasteiger charge is 2.37. The SMILES string of the molecule is CCN1c2cc(C)c(/C=C3\SC(=O)N(CC(=O)Nc4ccc(C)c(C)c4)C3=O)cc2C(C)=CC1(C)C. The minimum absolute atomic E-state index is 0.0830. The summed E-state index contributed by atoms with van der Waals surface area (Å²) in [5.41, 5.74) is 8.14. The molecule has 3 amide bonds. The van der Waals surface area contributed by atoms with Gasteiger partial charge in [-0.15, -0.1) is 0 Å². The fourth-order valence-corrected chi connectivity index (χ4v) is 5.75. The number of amides is 3. The van der Waals surface area contributed by atoms with Crippen LogP contribution < -0.4 is 10.2 Å². The number of likely N-dealkylation sites (N-methyl/N-ethyl adjacent to an activating group) is 1. The smallest absolute Gasteiger partial charge is 0.294 e. The molecule has 2 aliphatic heterocycles. The number of imide groups is 1. The monoisotopic (exact) mass is 503 g/mol. The molecule has 7 heteroatoms. The Kier molecular flexibility index (Phi) is 6.88. The number of aryl methyl sites for hydroxylation is 3. The molecule has 2 aliphatic rings. The summed E-state index contributed by atoms with van der Waals surface area (Å²) in [7, 11) is 0. The van der Waals surface area contributed by atoms with Gasteiger partial charge < -0.3 is 10.2 Å². The van der Waals surface area contributed by atoms with Crippen molar-refractivity contribution in [3.05, 3.63) is 69.1 Å². The van der Waals surface area contributed by atoms with E-state index in [1.165, 1.54) is 11.3 Å². The van der Waals surface area contributed by atoms with E-state index in [0.29, 0.717) is 10.6 Å². The number of allylic oxidation sites excluding steroid dienone is 1. The summed E-state index contributed by atoms with van der Waals surface area (Å²) in [6.45, 7) is 15.2. The van der Waals surface area contributed by atoms with E-state index in [1.54, 1.807) is 6.08 Å². The van der Waals surface area contributed by atoms with Gasteiger partial charge in [-0.3, -0.25) is 19.3 Å². The molecule has 1 fully saturated rings. The van der Waals surface area contributed by atoms with Crippen LogP contribution in [0.5, 0.6) is 0 Å². The standard InChI is InChI=1S/C29H33N3O3S/c1-8-32-24-12-19(4)21(13-23(24)20(5)15-29(32,6)7)14-25-27(34)31(28(35)36-25)16-26(33)30-22-10-9-17(2)18(3)11-22/h9-15H,8,16H2,1-7H3,(H,30,33)/b25-14-. The number of hydrogen-bond donors (Lipinski definition) is 1. The van der Waals surface area contributed by atoms with Crippen LogP contribution in [0.15, 0.2) is 41.3 Å². The van der Waals surface area contributed by atoms with Crippen molar-refractivity contribution in [2.24, 2.45) is 0 Å². The molecular formula is C29H33N3O3S. The normalized spacial score (nSPS) is 18.0. The van der Waals surface area contributed by atoms with Crippen LogP contribution in [0.2, 0.25) is 0 Å². The molecular weight excluding hydrogens is 470 g/mol. The average molecular weight is 504 g/mol. The Hall–Kier alpha value is -3.32. The van der Waals surface area contributed by atoms with Gasteiger partial charge in [0, 0.05) is 23.5 Å². The Balaban J connectivity index is 1.56. The van der Waals surface area contributed by atoms with Crippen LogP contribution in [-0.4, -0.2) is 40.6 Å². The minimum Gasteiger partial charge on any atom is -0.363 e. The predicted molar refractivity (Wildman–Crippen MR) is 149 cm³/mol. The molecule has 188 valence electrons. The quantitative estimate of drug-likeness (QED) is 0.484. The zero-order chi connectivity index (χ0) is 26.4. The van der Waals surface area contributed by atoms with Crippen molar-refractivity contribution in [3.8, 4) is 0 Å².